The summed E-state index contributed by atoms with van der Waals surface area (Å²) < 4.78 is 37.9. The van der Waals surface area contributed by atoms with Crippen molar-refractivity contribution in [3.8, 4) is 11.4 Å². The van der Waals surface area contributed by atoms with E-state index in [1.54, 1.807) is 13.0 Å². The lowest BCUT2D eigenvalue weighted by atomic mass is 10.2. The molecule has 2 N–H and O–H groups in total. The molecule has 0 atom stereocenters. The smallest absolute Gasteiger partial charge is 0.273 e. The first-order chi connectivity index (χ1) is 8.82. The summed E-state index contributed by atoms with van der Waals surface area (Å²) in [5.41, 5.74) is 0.413. The molecule has 0 aliphatic rings. The molecule has 1 aromatic heterocycles. The van der Waals surface area contributed by atoms with Gasteiger partial charge in [-0.1, -0.05) is 15.9 Å². The van der Waals surface area contributed by atoms with Gasteiger partial charge in [-0.3, -0.25) is 4.57 Å². The largest absolute Gasteiger partial charge is 0.297 e. The van der Waals surface area contributed by atoms with Crippen molar-refractivity contribution in [3.63, 3.8) is 0 Å². The summed E-state index contributed by atoms with van der Waals surface area (Å²) >= 11 is 3.16. The standard InChI is InChI=1S/C10H10BrFN4O2S/c1-2-16-9(14-15-10(16)19(13,17)18)6-3-7(11)5-8(12)4-6/h3-5H,2H2,1H3,(H2,13,17,18). The zero-order chi connectivity index (χ0) is 14.2. The Bertz CT molecular complexity index is 709. The van der Waals surface area contributed by atoms with Crippen LogP contribution in [0.5, 0.6) is 0 Å². The summed E-state index contributed by atoms with van der Waals surface area (Å²) in [6.07, 6.45) is 0. The fraction of sp³-hybridized carbons (Fsp3) is 0.200. The third-order valence-corrected chi connectivity index (χ3v) is 3.68. The molecule has 0 bridgehead atoms. The van der Waals surface area contributed by atoms with E-state index in [1.165, 1.54) is 16.7 Å². The molecule has 9 heteroatoms. The predicted octanol–water partition coefficient (Wildman–Crippen LogP) is 1.51. The highest BCUT2D eigenvalue weighted by Gasteiger charge is 2.21. The first-order valence-corrected chi connectivity index (χ1v) is 7.59. The molecule has 0 aliphatic heterocycles. The number of hydrogen-bond donors (Lipinski definition) is 1. The zero-order valence-electron chi connectivity index (χ0n) is 9.84. The maximum absolute atomic E-state index is 13.4. The Morgan fingerprint density at radius 2 is 2.05 bits per heavy atom. The van der Waals surface area contributed by atoms with E-state index in [0.29, 0.717) is 16.6 Å². The molecule has 19 heavy (non-hydrogen) atoms. The van der Waals surface area contributed by atoms with Gasteiger partial charge in [-0.25, -0.2) is 17.9 Å². The molecule has 0 unspecified atom stereocenters. The molecule has 0 saturated carbocycles. The number of halogens is 2. The highest BCUT2D eigenvalue weighted by atomic mass is 79.9. The van der Waals surface area contributed by atoms with Gasteiger partial charge < -0.3 is 0 Å². The predicted molar refractivity (Wildman–Crippen MR) is 70.2 cm³/mol. The molecule has 6 nitrogen and oxygen atoms in total. The van der Waals surface area contributed by atoms with E-state index < -0.39 is 15.8 Å². The fourth-order valence-electron chi connectivity index (χ4n) is 1.68. The Labute approximate surface area is 117 Å². The van der Waals surface area contributed by atoms with Crippen molar-refractivity contribution in [2.45, 2.75) is 18.6 Å². The second kappa shape index (κ2) is 4.99. The van der Waals surface area contributed by atoms with Crippen LogP contribution in [0.25, 0.3) is 11.4 Å². The van der Waals surface area contributed by atoms with E-state index in [-0.39, 0.29) is 11.0 Å². The summed E-state index contributed by atoms with van der Waals surface area (Å²) in [6.45, 7) is 2.01. The molecule has 0 amide bonds. The van der Waals surface area contributed by atoms with Crippen LogP contribution in [0.1, 0.15) is 6.92 Å². The number of hydrogen-bond acceptors (Lipinski definition) is 4. The van der Waals surface area contributed by atoms with E-state index in [9.17, 15) is 12.8 Å². The van der Waals surface area contributed by atoms with Crippen LogP contribution in [0.4, 0.5) is 4.39 Å². The van der Waals surface area contributed by atoms with Crippen LogP contribution in [-0.2, 0) is 16.6 Å². The minimum absolute atomic E-state index is 0.242. The topological polar surface area (TPSA) is 90.9 Å². The summed E-state index contributed by atoms with van der Waals surface area (Å²) in [7, 11) is -3.97. The lowest BCUT2D eigenvalue weighted by Crippen LogP contribution is -2.18. The van der Waals surface area contributed by atoms with Crippen molar-refractivity contribution < 1.29 is 12.8 Å². The van der Waals surface area contributed by atoms with Gasteiger partial charge in [0.2, 0.25) is 0 Å². The van der Waals surface area contributed by atoms with Gasteiger partial charge in [-0.2, -0.15) is 0 Å². The number of nitrogens with two attached hydrogens (primary N) is 1. The van der Waals surface area contributed by atoms with E-state index in [4.69, 9.17) is 5.14 Å². The lowest BCUT2D eigenvalue weighted by molar-refractivity contribution is 0.570. The molecule has 1 heterocycles. The van der Waals surface area contributed by atoms with Gasteiger partial charge in [0.05, 0.1) is 0 Å². The summed E-state index contributed by atoms with van der Waals surface area (Å²) in [6, 6.07) is 4.15. The minimum atomic E-state index is -3.97. The molecular weight excluding hydrogens is 339 g/mol. The van der Waals surface area contributed by atoms with Crippen molar-refractivity contribution in [2.75, 3.05) is 0 Å². The second-order valence-electron chi connectivity index (χ2n) is 3.75. The van der Waals surface area contributed by atoms with Gasteiger partial charge in [0.25, 0.3) is 15.2 Å². The molecule has 102 valence electrons. The number of aromatic nitrogens is 3. The molecule has 2 aromatic rings. The third kappa shape index (κ3) is 2.82. The van der Waals surface area contributed by atoms with Gasteiger partial charge in [-0.15, -0.1) is 10.2 Å². The van der Waals surface area contributed by atoms with Gasteiger partial charge in [0, 0.05) is 16.6 Å². The Kier molecular flexibility index (Phi) is 3.70. The van der Waals surface area contributed by atoms with Gasteiger partial charge in [0.1, 0.15) is 5.82 Å². The van der Waals surface area contributed by atoms with Crippen LogP contribution in [0.2, 0.25) is 0 Å². The summed E-state index contributed by atoms with van der Waals surface area (Å²) in [4.78, 5) is 0. The molecule has 2 rings (SSSR count). The van der Waals surface area contributed by atoms with Crippen LogP contribution in [0, 0.1) is 5.82 Å². The number of primary sulfonamides is 1. The van der Waals surface area contributed by atoms with E-state index >= 15 is 0 Å². The van der Waals surface area contributed by atoms with Crippen molar-refractivity contribution in [1.29, 1.82) is 0 Å². The normalized spacial score (nSPS) is 11.8. The van der Waals surface area contributed by atoms with Gasteiger partial charge >= 0.3 is 0 Å². The SMILES string of the molecule is CCn1c(-c2cc(F)cc(Br)c2)nnc1S(N)(=O)=O. The number of nitrogens with zero attached hydrogens (tertiary/aromatic N) is 3. The van der Waals surface area contributed by atoms with Crippen LogP contribution in [-0.4, -0.2) is 23.2 Å². The molecular formula is C10H10BrFN4O2S. The van der Waals surface area contributed by atoms with Crippen molar-refractivity contribution in [3.05, 3.63) is 28.5 Å². The lowest BCUT2D eigenvalue weighted by Gasteiger charge is -2.06. The number of rotatable bonds is 3. The minimum Gasteiger partial charge on any atom is -0.297 e. The molecule has 0 radical (unpaired) electrons. The monoisotopic (exact) mass is 348 g/mol. The molecule has 0 saturated heterocycles. The van der Waals surface area contributed by atoms with Crippen molar-refractivity contribution in [1.82, 2.24) is 14.8 Å². The van der Waals surface area contributed by atoms with Crippen LogP contribution in [0.3, 0.4) is 0 Å². The number of benzene rings is 1. The van der Waals surface area contributed by atoms with Crippen LogP contribution >= 0.6 is 15.9 Å². The molecule has 0 spiro atoms. The Morgan fingerprint density at radius 3 is 2.58 bits per heavy atom. The van der Waals surface area contributed by atoms with E-state index in [2.05, 4.69) is 26.1 Å². The molecule has 1 aromatic carbocycles. The third-order valence-electron chi connectivity index (χ3n) is 2.41. The highest BCUT2D eigenvalue weighted by Crippen LogP contribution is 2.24. The zero-order valence-corrected chi connectivity index (χ0v) is 12.2. The summed E-state index contributed by atoms with van der Waals surface area (Å²) in [5, 5.41) is 12.0. The Hall–Kier alpha value is -1.32. The average Bonchev–Trinajstić information content (AvgIpc) is 2.70. The Balaban J connectivity index is 2.67. The second-order valence-corrected chi connectivity index (χ2v) is 6.12. The molecule has 0 aliphatic carbocycles. The quantitative estimate of drug-likeness (QED) is 0.910. The summed E-state index contributed by atoms with van der Waals surface area (Å²) in [5.74, 6) is -0.223. The fourth-order valence-corrected chi connectivity index (χ4v) is 2.82. The van der Waals surface area contributed by atoms with Gasteiger partial charge in [-0.05, 0) is 25.1 Å². The Morgan fingerprint density at radius 1 is 1.37 bits per heavy atom. The first kappa shape index (κ1) is 14.1. The van der Waals surface area contributed by atoms with Crippen LogP contribution in [0.15, 0.2) is 27.8 Å². The highest BCUT2D eigenvalue weighted by molar-refractivity contribution is 9.10. The van der Waals surface area contributed by atoms with E-state index in [0.717, 1.165) is 0 Å². The van der Waals surface area contributed by atoms with E-state index in [1.807, 2.05) is 0 Å². The average molecular weight is 349 g/mol. The van der Waals surface area contributed by atoms with Crippen LogP contribution < -0.4 is 5.14 Å². The number of sulfonamides is 1. The maximum Gasteiger partial charge on any atom is 0.273 e. The first-order valence-electron chi connectivity index (χ1n) is 5.25. The molecule has 0 fully saturated rings. The van der Waals surface area contributed by atoms with Crippen molar-refractivity contribution in [2.24, 2.45) is 5.14 Å². The maximum atomic E-state index is 13.4. The van der Waals surface area contributed by atoms with Crippen molar-refractivity contribution >= 4 is 26.0 Å². The van der Waals surface area contributed by atoms with Gasteiger partial charge in [0.15, 0.2) is 5.82 Å².